The van der Waals surface area contributed by atoms with E-state index in [1.54, 1.807) is 23.1 Å². The SMILES string of the molecule is N#CC1=C(N2CCN(C(=O)CN)CC2)C=C=CC=C1. The Balaban J connectivity index is 2.11. The molecular formula is C14H16N4O. The van der Waals surface area contributed by atoms with Crippen molar-refractivity contribution in [2.45, 2.75) is 0 Å². The van der Waals surface area contributed by atoms with Crippen LogP contribution in [0.4, 0.5) is 0 Å². The molecule has 98 valence electrons. The Bertz CT molecular complexity index is 524. The third kappa shape index (κ3) is 2.94. The van der Waals surface area contributed by atoms with Crippen LogP contribution in [-0.2, 0) is 4.79 Å². The first-order valence-electron chi connectivity index (χ1n) is 6.22. The van der Waals surface area contributed by atoms with E-state index in [1.165, 1.54) is 0 Å². The summed E-state index contributed by atoms with van der Waals surface area (Å²) in [6.45, 7) is 2.74. The molecule has 2 rings (SSSR count). The molecule has 1 heterocycles. The molecule has 2 N–H and O–H groups in total. The fraction of sp³-hybridized carbons (Fsp3) is 0.357. The zero-order chi connectivity index (χ0) is 13.7. The Kier molecular flexibility index (Phi) is 4.19. The lowest BCUT2D eigenvalue weighted by atomic mass is 10.1. The topological polar surface area (TPSA) is 73.4 Å². The van der Waals surface area contributed by atoms with Gasteiger partial charge in [0.25, 0.3) is 0 Å². The average molecular weight is 256 g/mol. The van der Waals surface area contributed by atoms with Crippen LogP contribution in [0.5, 0.6) is 0 Å². The van der Waals surface area contributed by atoms with Gasteiger partial charge in [-0.15, -0.1) is 5.73 Å². The Morgan fingerprint density at radius 3 is 2.79 bits per heavy atom. The number of nitriles is 1. The first-order valence-corrected chi connectivity index (χ1v) is 6.22. The molecule has 0 saturated carbocycles. The van der Waals surface area contributed by atoms with E-state index in [-0.39, 0.29) is 12.5 Å². The summed E-state index contributed by atoms with van der Waals surface area (Å²) in [4.78, 5) is 15.4. The molecule has 0 aromatic rings. The second-order valence-corrected chi connectivity index (χ2v) is 4.32. The molecule has 0 spiro atoms. The number of amides is 1. The van der Waals surface area contributed by atoms with Gasteiger partial charge in [0, 0.05) is 32.3 Å². The van der Waals surface area contributed by atoms with Crippen LogP contribution in [0.25, 0.3) is 0 Å². The van der Waals surface area contributed by atoms with Crippen molar-refractivity contribution in [3.05, 3.63) is 41.3 Å². The quantitative estimate of drug-likeness (QED) is 0.714. The summed E-state index contributed by atoms with van der Waals surface area (Å²) in [7, 11) is 0. The Morgan fingerprint density at radius 2 is 2.16 bits per heavy atom. The van der Waals surface area contributed by atoms with Crippen molar-refractivity contribution in [2.75, 3.05) is 32.7 Å². The number of allylic oxidation sites excluding steroid dienone is 4. The Hall–Kier alpha value is -2.28. The average Bonchev–Trinajstić information content (AvgIpc) is 2.71. The fourth-order valence-corrected chi connectivity index (χ4v) is 2.17. The van der Waals surface area contributed by atoms with Gasteiger partial charge in [-0.05, 0) is 12.2 Å². The van der Waals surface area contributed by atoms with E-state index in [0.29, 0.717) is 31.8 Å². The van der Waals surface area contributed by atoms with Crippen molar-refractivity contribution in [2.24, 2.45) is 5.73 Å². The molecular weight excluding hydrogens is 240 g/mol. The molecule has 0 aromatic carbocycles. The van der Waals surface area contributed by atoms with Crippen LogP contribution >= 0.6 is 0 Å². The van der Waals surface area contributed by atoms with E-state index in [1.807, 2.05) is 6.08 Å². The van der Waals surface area contributed by atoms with E-state index < -0.39 is 0 Å². The van der Waals surface area contributed by atoms with Gasteiger partial charge in [-0.3, -0.25) is 4.79 Å². The number of nitrogens with zero attached hydrogens (tertiary/aromatic N) is 3. The summed E-state index contributed by atoms with van der Waals surface area (Å²) in [5, 5.41) is 9.17. The Labute approximate surface area is 112 Å². The van der Waals surface area contributed by atoms with Crippen molar-refractivity contribution in [1.82, 2.24) is 9.80 Å². The second kappa shape index (κ2) is 6.05. The maximum absolute atomic E-state index is 11.5. The van der Waals surface area contributed by atoms with Crippen molar-refractivity contribution in [1.29, 1.82) is 5.26 Å². The van der Waals surface area contributed by atoms with Crippen molar-refractivity contribution < 1.29 is 4.79 Å². The van der Waals surface area contributed by atoms with E-state index in [2.05, 4.69) is 16.7 Å². The van der Waals surface area contributed by atoms with Crippen LogP contribution in [0, 0.1) is 11.3 Å². The lowest BCUT2D eigenvalue weighted by Crippen LogP contribution is -2.49. The first kappa shape index (κ1) is 13.2. The van der Waals surface area contributed by atoms with Gasteiger partial charge in [0.1, 0.15) is 6.07 Å². The second-order valence-electron chi connectivity index (χ2n) is 4.32. The van der Waals surface area contributed by atoms with Gasteiger partial charge in [-0.2, -0.15) is 5.26 Å². The molecule has 1 saturated heterocycles. The van der Waals surface area contributed by atoms with E-state index in [0.717, 1.165) is 5.70 Å². The number of hydrogen-bond donors (Lipinski definition) is 1. The Morgan fingerprint density at radius 1 is 1.42 bits per heavy atom. The molecule has 1 fully saturated rings. The van der Waals surface area contributed by atoms with Gasteiger partial charge in [-0.1, -0.05) is 6.08 Å². The maximum atomic E-state index is 11.5. The minimum atomic E-state index is -0.0228. The molecule has 19 heavy (non-hydrogen) atoms. The molecule has 1 aliphatic carbocycles. The van der Waals surface area contributed by atoms with E-state index in [9.17, 15) is 4.79 Å². The first-order chi connectivity index (χ1) is 9.26. The lowest BCUT2D eigenvalue weighted by Gasteiger charge is -2.36. The predicted molar refractivity (Wildman–Crippen MR) is 71.6 cm³/mol. The third-order valence-electron chi connectivity index (χ3n) is 3.22. The highest BCUT2D eigenvalue weighted by Gasteiger charge is 2.22. The van der Waals surface area contributed by atoms with E-state index in [4.69, 9.17) is 11.0 Å². The number of carbonyl (C=O) groups is 1. The number of rotatable bonds is 2. The monoisotopic (exact) mass is 256 g/mol. The number of hydrogen-bond acceptors (Lipinski definition) is 4. The summed E-state index contributed by atoms with van der Waals surface area (Å²) in [6.07, 6.45) is 7.18. The van der Waals surface area contributed by atoms with Crippen LogP contribution in [0.1, 0.15) is 0 Å². The van der Waals surface area contributed by atoms with Crippen molar-refractivity contribution in [3.8, 4) is 6.07 Å². The van der Waals surface area contributed by atoms with Crippen LogP contribution in [0.15, 0.2) is 41.3 Å². The fourth-order valence-electron chi connectivity index (χ4n) is 2.17. The van der Waals surface area contributed by atoms with E-state index >= 15 is 0 Å². The summed E-state index contributed by atoms with van der Waals surface area (Å²) in [5.74, 6) is -0.0228. The standard InChI is InChI=1S/C14H16N4O/c15-10-12-4-2-1-3-5-13(12)17-6-8-18(9-7-17)14(19)11-16/h1-2,4-5H,6-9,11,16H2. The minimum Gasteiger partial charge on any atom is -0.366 e. The van der Waals surface area contributed by atoms with Crippen LogP contribution in [-0.4, -0.2) is 48.4 Å². The molecule has 0 bridgehead atoms. The third-order valence-corrected chi connectivity index (χ3v) is 3.22. The molecule has 1 aliphatic heterocycles. The molecule has 0 radical (unpaired) electrons. The number of nitrogens with two attached hydrogens (primary N) is 1. The van der Waals surface area contributed by atoms with Gasteiger partial charge in [-0.25, -0.2) is 0 Å². The molecule has 0 unspecified atom stereocenters. The zero-order valence-corrected chi connectivity index (χ0v) is 10.7. The molecule has 5 nitrogen and oxygen atoms in total. The zero-order valence-electron chi connectivity index (χ0n) is 10.7. The highest BCUT2D eigenvalue weighted by Crippen LogP contribution is 2.17. The smallest absolute Gasteiger partial charge is 0.236 e. The normalized spacial score (nSPS) is 18.5. The van der Waals surface area contributed by atoms with Gasteiger partial charge in [0.15, 0.2) is 0 Å². The van der Waals surface area contributed by atoms with Gasteiger partial charge >= 0.3 is 0 Å². The minimum absolute atomic E-state index is 0.0228. The summed E-state index contributed by atoms with van der Waals surface area (Å²) in [5.41, 5.74) is 9.87. The van der Waals surface area contributed by atoms with Crippen LogP contribution in [0.3, 0.4) is 0 Å². The molecule has 2 aliphatic rings. The van der Waals surface area contributed by atoms with Gasteiger partial charge in [0.05, 0.1) is 17.8 Å². The van der Waals surface area contributed by atoms with Crippen LogP contribution in [0.2, 0.25) is 0 Å². The van der Waals surface area contributed by atoms with Gasteiger partial charge < -0.3 is 15.5 Å². The number of carbonyl (C=O) groups excluding carboxylic acids is 1. The van der Waals surface area contributed by atoms with Crippen LogP contribution < -0.4 is 5.73 Å². The largest absolute Gasteiger partial charge is 0.366 e. The highest BCUT2D eigenvalue weighted by molar-refractivity contribution is 5.78. The molecule has 1 amide bonds. The number of piperazine rings is 1. The summed E-state index contributed by atoms with van der Waals surface area (Å²) >= 11 is 0. The molecule has 0 atom stereocenters. The van der Waals surface area contributed by atoms with Crippen molar-refractivity contribution >= 4 is 5.91 Å². The lowest BCUT2D eigenvalue weighted by molar-refractivity contribution is -0.131. The predicted octanol–water partition coefficient (Wildman–Crippen LogP) is 0.148. The maximum Gasteiger partial charge on any atom is 0.236 e. The van der Waals surface area contributed by atoms with Gasteiger partial charge in [0.2, 0.25) is 5.91 Å². The summed E-state index contributed by atoms with van der Waals surface area (Å²) in [6, 6.07) is 2.20. The highest BCUT2D eigenvalue weighted by atomic mass is 16.2. The molecule has 0 aromatic heterocycles. The van der Waals surface area contributed by atoms with Crippen molar-refractivity contribution in [3.63, 3.8) is 0 Å². The summed E-state index contributed by atoms with van der Waals surface area (Å²) < 4.78 is 0. The molecule has 5 heteroatoms.